The smallest absolute Gasteiger partial charge is 0.196 e. The van der Waals surface area contributed by atoms with Crippen LogP contribution < -0.4 is 4.74 Å². The molecule has 0 amide bonds. The number of ether oxygens (including phenoxy) is 1. The molecule has 0 unspecified atom stereocenters. The average Bonchev–Trinajstić information content (AvgIpc) is 3.23. The highest BCUT2D eigenvalue weighted by Crippen LogP contribution is 2.33. The zero-order valence-electron chi connectivity index (χ0n) is 18.3. The first kappa shape index (κ1) is 21.8. The summed E-state index contributed by atoms with van der Waals surface area (Å²) in [7, 11) is 0. The number of hydrogen-bond donors (Lipinski definition) is 0. The van der Waals surface area contributed by atoms with Gasteiger partial charge in [-0.3, -0.25) is 14.3 Å². The zero-order valence-corrected chi connectivity index (χ0v) is 19.1. The van der Waals surface area contributed by atoms with Crippen LogP contribution >= 0.6 is 11.8 Å². The summed E-state index contributed by atoms with van der Waals surface area (Å²) in [5, 5.41) is 9.77. The van der Waals surface area contributed by atoms with Crippen molar-refractivity contribution in [3.05, 3.63) is 83.7 Å². The molecule has 0 fully saturated rings. The van der Waals surface area contributed by atoms with Crippen LogP contribution in [0.4, 0.5) is 0 Å². The molecule has 0 spiro atoms. The van der Waals surface area contributed by atoms with Crippen LogP contribution in [0.15, 0.2) is 72.1 Å². The van der Waals surface area contributed by atoms with Crippen molar-refractivity contribution < 1.29 is 9.53 Å². The van der Waals surface area contributed by atoms with Gasteiger partial charge in [0.2, 0.25) is 0 Å². The summed E-state index contributed by atoms with van der Waals surface area (Å²) in [5.41, 5.74) is 4.71. The zero-order chi connectivity index (χ0) is 22.5. The lowest BCUT2D eigenvalue weighted by Crippen LogP contribution is -2.03. The maximum absolute atomic E-state index is 11.9. The van der Waals surface area contributed by atoms with Crippen LogP contribution in [0.1, 0.15) is 35.3 Å². The predicted octanol–water partition coefficient (Wildman–Crippen LogP) is 5.53. The van der Waals surface area contributed by atoms with Gasteiger partial charge in [-0.2, -0.15) is 0 Å². The molecule has 6 nitrogen and oxygen atoms in total. The van der Waals surface area contributed by atoms with Crippen molar-refractivity contribution in [3.8, 4) is 22.8 Å². The maximum atomic E-state index is 11.9. The highest BCUT2D eigenvalue weighted by atomic mass is 32.2. The van der Waals surface area contributed by atoms with Crippen molar-refractivity contribution in [1.82, 2.24) is 19.7 Å². The second kappa shape index (κ2) is 9.78. The minimum Gasteiger partial charge on any atom is -0.494 e. The first-order valence-electron chi connectivity index (χ1n) is 10.4. The lowest BCUT2D eigenvalue weighted by Gasteiger charge is -2.14. The number of pyridine rings is 1. The van der Waals surface area contributed by atoms with E-state index in [4.69, 9.17) is 4.74 Å². The summed E-state index contributed by atoms with van der Waals surface area (Å²) in [5.74, 6) is 2.16. The Kier molecular flexibility index (Phi) is 6.66. The van der Waals surface area contributed by atoms with E-state index in [0.717, 1.165) is 39.1 Å². The molecule has 0 radical (unpaired) electrons. The van der Waals surface area contributed by atoms with Crippen molar-refractivity contribution in [1.29, 1.82) is 0 Å². The van der Waals surface area contributed by atoms with E-state index in [1.807, 2.05) is 43.3 Å². The highest BCUT2D eigenvalue weighted by Gasteiger charge is 2.18. The number of hydrogen-bond acceptors (Lipinski definition) is 6. The molecule has 0 aliphatic carbocycles. The molecule has 0 atom stereocenters. The van der Waals surface area contributed by atoms with Gasteiger partial charge in [0.25, 0.3) is 0 Å². The quantitative estimate of drug-likeness (QED) is 0.263. The minimum absolute atomic E-state index is 0.0300. The Morgan fingerprint density at radius 3 is 2.56 bits per heavy atom. The molecule has 32 heavy (non-hydrogen) atoms. The van der Waals surface area contributed by atoms with Gasteiger partial charge < -0.3 is 4.74 Å². The molecule has 0 N–H and O–H groups in total. The van der Waals surface area contributed by atoms with Gasteiger partial charge in [-0.1, -0.05) is 30.0 Å². The van der Waals surface area contributed by atoms with Crippen LogP contribution in [0.3, 0.4) is 0 Å². The molecule has 0 aliphatic heterocycles. The number of thioether (sulfide) groups is 1. The van der Waals surface area contributed by atoms with Crippen LogP contribution in [0.5, 0.6) is 5.75 Å². The third-order valence-corrected chi connectivity index (χ3v) is 6.03. The van der Waals surface area contributed by atoms with Crippen LogP contribution in [0.25, 0.3) is 17.1 Å². The Hall–Kier alpha value is -3.45. The van der Waals surface area contributed by atoms with E-state index < -0.39 is 0 Å². The standard InChI is InChI=1S/C25H24N4O2S/c1-4-31-23-10-9-20(18(3)30)15-21(23)16-32-25-28-27-24(19-11-13-26-14-12-19)29(25)22-8-6-5-7-17(22)2/h5-15H,4,16H2,1-3H3. The Morgan fingerprint density at radius 2 is 1.84 bits per heavy atom. The third kappa shape index (κ3) is 4.57. The number of nitrogens with zero attached hydrogens (tertiary/aromatic N) is 4. The van der Waals surface area contributed by atoms with Crippen molar-refractivity contribution >= 4 is 17.5 Å². The number of ketones is 1. The molecule has 0 aliphatic rings. The van der Waals surface area contributed by atoms with Gasteiger partial charge in [0.1, 0.15) is 5.75 Å². The van der Waals surface area contributed by atoms with Crippen LogP contribution in [-0.2, 0) is 5.75 Å². The van der Waals surface area contributed by atoms with E-state index in [2.05, 4.69) is 38.8 Å². The van der Waals surface area contributed by atoms with Gasteiger partial charge in [-0.05, 0) is 62.7 Å². The third-order valence-electron chi connectivity index (χ3n) is 5.05. The second-order valence-electron chi connectivity index (χ2n) is 7.26. The molecular weight excluding hydrogens is 420 g/mol. The van der Waals surface area contributed by atoms with Crippen LogP contribution in [-0.4, -0.2) is 32.1 Å². The number of aryl methyl sites for hydroxylation is 1. The molecule has 162 valence electrons. The topological polar surface area (TPSA) is 69.9 Å². The van der Waals surface area contributed by atoms with E-state index in [0.29, 0.717) is 17.9 Å². The van der Waals surface area contributed by atoms with E-state index in [-0.39, 0.29) is 5.78 Å². The average molecular weight is 445 g/mol. The lowest BCUT2D eigenvalue weighted by atomic mass is 10.1. The summed E-state index contributed by atoms with van der Waals surface area (Å²) < 4.78 is 7.87. The van der Waals surface area contributed by atoms with E-state index in [9.17, 15) is 4.79 Å². The van der Waals surface area contributed by atoms with E-state index in [1.54, 1.807) is 37.1 Å². The second-order valence-corrected chi connectivity index (χ2v) is 8.21. The minimum atomic E-state index is 0.0300. The predicted molar refractivity (Wildman–Crippen MR) is 127 cm³/mol. The van der Waals surface area contributed by atoms with Gasteiger partial charge in [0.05, 0.1) is 12.3 Å². The van der Waals surface area contributed by atoms with Crippen molar-refractivity contribution in [2.24, 2.45) is 0 Å². The fourth-order valence-electron chi connectivity index (χ4n) is 3.43. The first-order valence-corrected chi connectivity index (χ1v) is 11.4. The highest BCUT2D eigenvalue weighted by molar-refractivity contribution is 7.98. The van der Waals surface area contributed by atoms with Gasteiger partial charge in [0.15, 0.2) is 16.8 Å². The van der Waals surface area contributed by atoms with E-state index >= 15 is 0 Å². The Labute approximate surface area is 191 Å². The van der Waals surface area contributed by atoms with Crippen molar-refractivity contribution in [2.75, 3.05) is 6.61 Å². The summed E-state index contributed by atoms with van der Waals surface area (Å²) >= 11 is 1.56. The summed E-state index contributed by atoms with van der Waals surface area (Å²) in [6.07, 6.45) is 3.50. The summed E-state index contributed by atoms with van der Waals surface area (Å²) in [4.78, 5) is 16.0. The molecule has 2 heterocycles. The maximum Gasteiger partial charge on any atom is 0.196 e. The number of benzene rings is 2. The fraction of sp³-hybridized carbons (Fsp3) is 0.200. The molecule has 4 rings (SSSR count). The van der Waals surface area contributed by atoms with Gasteiger partial charge >= 0.3 is 0 Å². The Bertz CT molecular complexity index is 1240. The molecule has 2 aromatic heterocycles. The number of aromatic nitrogens is 4. The molecule has 0 saturated carbocycles. The monoisotopic (exact) mass is 444 g/mol. The van der Waals surface area contributed by atoms with Gasteiger partial charge in [0, 0.05) is 34.8 Å². The molecule has 4 aromatic rings. The first-order chi connectivity index (χ1) is 15.6. The summed E-state index contributed by atoms with van der Waals surface area (Å²) in [6, 6.07) is 17.6. The number of rotatable bonds is 8. The largest absolute Gasteiger partial charge is 0.494 e. The van der Waals surface area contributed by atoms with Gasteiger partial charge in [-0.25, -0.2) is 0 Å². The van der Waals surface area contributed by atoms with Gasteiger partial charge in [-0.15, -0.1) is 10.2 Å². The fourth-order valence-corrected chi connectivity index (χ4v) is 4.36. The number of carbonyl (C=O) groups is 1. The normalized spacial score (nSPS) is 10.8. The summed E-state index contributed by atoms with van der Waals surface area (Å²) in [6.45, 7) is 6.15. The van der Waals surface area contributed by atoms with Crippen molar-refractivity contribution in [2.45, 2.75) is 31.7 Å². The van der Waals surface area contributed by atoms with Crippen molar-refractivity contribution in [3.63, 3.8) is 0 Å². The Morgan fingerprint density at radius 1 is 1.06 bits per heavy atom. The molecule has 0 bridgehead atoms. The number of Topliss-reactive ketones (excluding diaryl/α,β-unsaturated/α-hetero) is 1. The van der Waals surface area contributed by atoms with E-state index in [1.165, 1.54) is 0 Å². The molecule has 2 aromatic carbocycles. The molecular formula is C25H24N4O2S. The van der Waals surface area contributed by atoms with Crippen LogP contribution in [0.2, 0.25) is 0 Å². The number of para-hydroxylation sites is 1. The SMILES string of the molecule is CCOc1ccc(C(C)=O)cc1CSc1nnc(-c2ccncc2)n1-c1ccccc1C. The van der Waals surface area contributed by atoms with Crippen LogP contribution in [0, 0.1) is 6.92 Å². The molecule has 7 heteroatoms. The molecule has 0 saturated heterocycles. The number of carbonyl (C=O) groups excluding carboxylic acids is 1. The Balaban J connectivity index is 1.74. The lowest BCUT2D eigenvalue weighted by molar-refractivity contribution is 0.101.